The molecule has 0 atom stereocenters. The van der Waals surface area contributed by atoms with Crippen molar-refractivity contribution in [3.8, 4) is 0 Å². The third-order valence-electron chi connectivity index (χ3n) is 2.77. The maximum Gasteiger partial charge on any atom is 0.225 e. The lowest BCUT2D eigenvalue weighted by atomic mass is 10.4. The van der Waals surface area contributed by atoms with Crippen molar-refractivity contribution in [1.82, 2.24) is 19.3 Å². The summed E-state index contributed by atoms with van der Waals surface area (Å²) in [5, 5.41) is 7.33. The quantitative estimate of drug-likeness (QED) is 0.684. The summed E-state index contributed by atoms with van der Waals surface area (Å²) >= 11 is 4.63. The van der Waals surface area contributed by atoms with Crippen molar-refractivity contribution in [3.05, 3.63) is 17.3 Å². The van der Waals surface area contributed by atoms with E-state index in [9.17, 15) is 0 Å². The van der Waals surface area contributed by atoms with Crippen LogP contribution in [-0.4, -0.2) is 25.9 Å². The molecule has 0 saturated carbocycles. The molecule has 0 fully saturated rings. The van der Waals surface area contributed by atoms with E-state index in [1.54, 1.807) is 23.1 Å². The van der Waals surface area contributed by atoms with Gasteiger partial charge in [0.2, 0.25) is 5.95 Å². The summed E-state index contributed by atoms with van der Waals surface area (Å²) in [6, 6.07) is 2.06. The third kappa shape index (κ3) is 3.33. The molecule has 1 N–H and O–H groups in total. The van der Waals surface area contributed by atoms with Crippen LogP contribution in [0.5, 0.6) is 0 Å². The minimum absolute atomic E-state index is 0.689. The maximum atomic E-state index is 4.63. The van der Waals surface area contributed by atoms with Crippen LogP contribution in [0.3, 0.4) is 0 Å². The maximum absolute atomic E-state index is 4.63. The highest BCUT2D eigenvalue weighted by atomic mass is 32.2. The van der Waals surface area contributed by atoms with E-state index in [1.165, 1.54) is 11.5 Å². The number of nitrogens with zero attached hydrogens (tertiary/aromatic N) is 4. The molecule has 3 rings (SSSR count). The monoisotopic (exact) mass is 337 g/mol. The number of anilines is 1. The Kier molecular flexibility index (Phi) is 4.67. The van der Waals surface area contributed by atoms with Crippen LogP contribution in [0.15, 0.2) is 20.8 Å². The van der Waals surface area contributed by atoms with Gasteiger partial charge in [0.1, 0.15) is 15.7 Å². The second-order valence-electron chi connectivity index (χ2n) is 4.35. The van der Waals surface area contributed by atoms with Crippen LogP contribution in [0.25, 0.3) is 10.2 Å². The first-order chi connectivity index (χ1) is 10.3. The number of fused-ring (bicyclic) bond motifs is 1. The molecule has 0 unspecified atom stereocenters. The molecule has 0 aromatic carbocycles. The molecule has 3 aromatic heterocycles. The van der Waals surface area contributed by atoms with Gasteiger partial charge >= 0.3 is 0 Å². The average Bonchev–Trinajstić information content (AvgIpc) is 3.13. The first kappa shape index (κ1) is 14.7. The Bertz CT molecular complexity index is 736. The zero-order chi connectivity index (χ0) is 14.7. The lowest BCUT2D eigenvalue weighted by Gasteiger charge is -2.05. The zero-order valence-corrected chi connectivity index (χ0v) is 14.2. The summed E-state index contributed by atoms with van der Waals surface area (Å²) in [6.07, 6.45) is 1.91. The molecule has 21 heavy (non-hydrogen) atoms. The number of thiophene rings is 1. The van der Waals surface area contributed by atoms with Gasteiger partial charge in [-0.3, -0.25) is 0 Å². The number of hydrogen-bond acceptors (Lipinski definition) is 8. The molecule has 0 aliphatic carbocycles. The number of aryl methyl sites for hydroxylation is 1. The largest absolute Gasteiger partial charge is 0.354 e. The van der Waals surface area contributed by atoms with E-state index in [2.05, 4.69) is 44.6 Å². The Balaban J connectivity index is 1.93. The van der Waals surface area contributed by atoms with Crippen molar-refractivity contribution >= 4 is 50.8 Å². The summed E-state index contributed by atoms with van der Waals surface area (Å²) < 4.78 is 5.25. The molecular formula is C13H15N5S3. The van der Waals surface area contributed by atoms with Crippen LogP contribution in [0.2, 0.25) is 0 Å². The van der Waals surface area contributed by atoms with E-state index in [0.29, 0.717) is 5.95 Å². The first-order valence-electron chi connectivity index (χ1n) is 6.79. The molecule has 0 aliphatic heterocycles. The van der Waals surface area contributed by atoms with E-state index in [0.717, 1.165) is 44.8 Å². The minimum Gasteiger partial charge on any atom is -0.354 e. The third-order valence-corrected chi connectivity index (χ3v) is 5.37. The van der Waals surface area contributed by atoms with E-state index in [1.807, 2.05) is 5.38 Å². The van der Waals surface area contributed by atoms with Gasteiger partial charge in [0.15, 0.2) is 4.34 Å². The second-order valence-corrected chi connectivity index (χ2v) is 7.23. The van der Waals surface area contributed by atoms with Gasteiger partial charge in [-0.05, 0) is 41.2 Å². The molecular weight excluding hydrogens is 322 g/mol. The van der Waals surface area contributed by atoms with Crippen molar-refractivity contribution in [2.75, 3.05) is 11.9 Å². The molecule has 8 heteroatoms. The van der Waals surface area contributed by atoms with Gasteiger partial charge in [-0.1, -0.05) is 13.8 Å². The summed E-state index contributed by atoms with van der Waals surface area (Å²) in [5.74, 6) is 1.58. The van der Waals surface area contributed by atoms with Crippen molar-refractivity contribution in [2.45, 2.75) is 36.1 Å². The fourth-order valence-corrected chi connectivity index (χ4v) is 4.28. The van der Waals surface area contributed by atoms with Crippen molar-refractivity contribution < 1.29 is 0 Å². The predicted molar refractivity (Wildman–Crippen MR) is 89.6 cm³/mol. The Morgan fingerprint density at radius 1 is 1.24 bits per heavy atom. The summed E-state index contributed by atoms with van der Waals surface area (Å²) in [5.41, 5.74) is 0. The molecule has 3 heterocycles. The predicted octanol–water partition coefficient (Wildman–Crippen LogP) is 4.08. The van der Waals surface area contributed by atoms with E-state index in [-0.39, 0.29) is 0 Å². The molecule has 0 saturated heterocycles. The van der Waals surface area contributed by atoms with Crippen LogP contribution in [0, 0.1) is 0 Å². The van der Waals surface area contributed by atoms with Crippen molar-refractivity contribution in [3.63, 3.8) is 0 Å². The molecule has 0 aliphatic rings. The van der Waals surface area contributed by atoms with Gasteiger partial charge in [-0.2, -0.15) is 4.37 Å². The number of hydrogen-bond donors (Lipinski definition) is 1. The van der Waals surface area contributed by atoms with Gasteiger partial charge in [0.05, 0.1) is 0 Å². The van der Waals surface area contributed by atoms with E-state index >= 15 is 0 Å². The average molecular weight is 337 g/mol. The van der Waals surface area contributed by atoms with Gasteiger partial charge in [-0.15, -0.1) is 11.3 Å². The van der Waals surface area contributed by atoms with Crippen LogP contribution < -0.4 is 5.32 Å². The SMILES string of the molecule is CCCNc1nc(Sc2nc(CC)ns2)c2ccsc2n1. The molecule has 0 spiro atoms. The van der Waals surface area contributed by atoms with Crippen LogP contribution in [0.4, 0.5) is 5.95 Å². The Morgan fingerprint density at radius 2 is 2.14 bits per heavy atom. The summed E-state index contributed by atoms with van der Waals surface area (Å²) in [6.45, 7) is 5.06. The molecule has 0 radical (unpaired) electrons. The van der Waals surface area contributed by atoms with E-state index < -0.39 is 0 Å². The lowest BCUT2D eigenvalue weighted by molar-refractivity contribution is 0.945. The van der Waals surface area contributed by atoms with Crippen LogP contribution in [-0.2, 0) is 6.42 Å². The van der Waals surface area contributed by atoms with E-state index in [4.69, 9.17) is 0 Å². The van der Waals surface area contributed by atoms with Crippen molar-refractivity contribution in [1.29, 1.82) is 0 Å². The van der Waals surface area contributed by atoms with Gasteiger partial charge in [-0.25, -0.2) is 15.0 Å². The number of nitrogens with one attached hydrogen (secondary N) is 1. The fourth-order valence-electron chi connectivity index (χ4n) is 1.73. The van der Waals surface area contributed by atoms with Crippen molar-refractivity contribution in [2.24, 2.45) is 0 Å². The summed E-state index contributed by atoms with van der Waals surface area (Å²) in [7, 11) is 0. The van der Waals surface area contributed by atoms with Gasteiger partial charge < -0.3 is 5.32 Å². The highest BCUT2D eigenvalue weighted by Crippen LogP contribution is 2.35. The van der Waals surface area contributed by atoms with Crippen LogP contribution in [0.1, 0.15) is 26.1 Å². The molecule has 5 nitrogen and oxygen atoms in total. The first-order valence-corrected chi connectivity index (χ1v) is 9.26. The van der Waals surface area contributed by atoms with Gasteiger partial charge in [0.25, 0.3) is 0 Å². The number of aromatic nitrogens is 4. The second kappa shape index (κ2) is 6.67. The zero-order valence-electron chi connectivity index (χ0n) is 11.8. The highest BCUT2D eigenvalue weighted by molar-refractivity contribution is 8.01. The molecule has 0 amide bonds. The van der Waals surface area contributed by atoms with Crippen LogP contribution >= 0.6 is 34.6 Å². The lowest BCUT2D eigenvalue weighted by Crippen LogP contribution is -2.04. The Labute approximate surface area is 135 Å². The Morgan fingerprint density at radius 3 is 2.90 bits per heavy atom. The molecule has 0 bridgehead atoms. The number of rotatable bonds is 6. The normalized spacial score (nSPS) is 11.1. The minimum atomic E-state index is 0.689. The standard InChI is InChI=1S/C13H15N5S3/c1-3-6-14-12-16-10-8(5-7-19-10)11(17-12)20-13-15-9(4-2)18-21-13/h5,7H,3-4,6H2,1-2H3,(H,14,16,17). The highest BCUT2D eigenvalue weighted by Gasteiger charge is 2.13. The smallest absolute Gasteiger partial charge is 0.225 e. The fraction of sp³-hybridized carbons (Fsp3) is 0.385. The van der Waals surface area contributed by atoms with Gasteiger partial charge in [0, 0.05) is 18.4 Å². The Hall–Kier alpha value is -1.25. The molecule has 3 aromatic rings. The molecule has 110 valence electrons. The summed E-state index contributed by atoms with van der Waals surface area (Å²) in [4.78, 5) is 14.7. The topological polar surface area (TPSA) is 63.6 Å².